The van der Waals surface area contributed by atoms with Crippen LogP contribution >= 0.6 is 0 Å². The van der Waals surface area contributed by atoms with Gasteiger partial charge in [-0.15, -0.1) is 0 Å². The minimum atomic E-state index is -0.603. The molecule has 2 unspecified atom stereocenters. The lowest BCUT2D eigenvalue weighted by molar-refractivity contribution is -0.152. The predicted octanol–water partition coefficient (Wildman–Crippen LogP) is 1.97. The van der Waals surface area contributed by atoms with Gasteiger partial charge >= 0.3 is 5.97 Å². The van der Waals surface area contributed by atoms with Gasteiger partial charge in [0.2, 0.25) is 0 Å². The van der Waals surface area contributed by atoms with E-state index in [-0.39, 0.29) is 12.1 Å². The lowest BCUT2D eigenvalue weighted by Gasteiger charge is -2.26. The molecule has 1 aromatic carbocycles. The summed E-state index contributed by atoms with van der Waals surface area (Å²) in [6, 6.07) is 7.53. The minimum absolute atomic E-state index is 0.147. The number of esters is 1. The SMILES string of the molecule is COCCC(N)C(=O)OC1CCCc2ccccc21. The van der Waals surface area contributed by atoms with Gasteiger partial charge in [0.1, 0.15) is 12.1 Å². The van der Waals surface area contributed by atoms with E-state index in [1.54, 1.807) is 7.11 Å². The van der Waals surface area contributed by atoms with Crippen LogP contribution in [0.1, 0.15) is 36.5 Å². The number of carbonyl (C=O) groups is 1. The third kappa shape index (κ3) is 3.55. The number of fused-ring (bicyclic) bond motifs is 1. The molecule has 0 saturated carbocycles. The van der Waals surface area contributed by atoms with E-state index in [0.29, 0.717) is 13.0 Å². The lowest BCUT2D eigenvalue weighted by atomic mass is 9.89. The van der Waals surface area contributed by atoms with Gasteiger partial charge in [-0.1, -0.05) is 24.3 Å². The Kier molecular flexibility index (Phi) is 4.93. The molecule has 1 aliphatic rings. The van der Waals surface area contributed by atoms with Crippen molar-refractivity contribution >= 4 is 5.97 Å². The van der Waals surface area contributed by atoms with E-state index in [0.717, 1.165) is 24.8 Å². The molecule has 2 rings (SSSR count). The van der Waals surface area contributed by atoms with Crippen molar-refractivity contribution in [3.63, 3.8) is 0 Å². The number of rotatable bonds is 5. The molecule has 1 aromatic rings. The molecule has 2 N–H and O–H groups in total. The third-order valence-corrected chi connectivity index (χ3v) is 3.51. The number of benzene rings is 1. The smallest absolute Gasteiger partial charge is 0.323 e. The number of carbonyl (C=O) groups excluding carboxylic acids is 1. The van der Waals surface area contributed by atoms with Crippen molar-refractivity contribution in [2.45, 2.75) is 37.8 Å². The summed E-state index contributed by atoms with van der Waals surface area (Å²) >= 11 is 0. The first-order valence-corrected chi connectivity index (χ1v) is 6.75. The Labute approximate surface area is 113 Å². The van der Waals surface area contributed by atoms with Crippen molar-refractivity contribution in [1.82, 2.24) is 0 Å². The highest BCUT2D eigenvalue weighted by Crippen LogP contribution is 2.32. The van der Waals surface area contributed by atoms with Gasteiger partial charge in [-0.25, -0.2) is 0 Å². The Balaban J connectivity index is 1.98. The summed E-state index contributed by atoms with van der Waals surface area (Å²) in [6.07, 6.45) is 3.32. The number of hydrogen-bond donors (Lipinski definition) is 1. The van der Waals surface area contributed by atoms with Crippen LogP contribution in [0.2, 0.25) is 0 Å². The average molecular weight is 263 g/mol. The Morgan fingerprint density at radius 2 is 2.26 bits per heavy atom. The van der Waals surface area contributed by atoms with Gasteiger partial charge in [0.15, 0.2) is 0 Å². The molecule has 0 spiro atoms. The number of aryl methyl sites for hydroxylation is 1. The molecule has 4 heteroatoms. The number of hydrogen-bond acceptors (Lipinski definition) is 4. The van der Waals surface area contributed by atoms with Crippen molar-refractivity contribution in [2.75, 3.05) is 13.7 Å². The van der Waals surface area contributed by atoms with Gasteiger partial charge in [0, 0.05) is 13.7 Å². The van der Waals surface area contributed by atoms with Crippen molar-refractivity contribution < 1.29 is 14.3 Å². The van der Waals surface area contributed by atoms with Gasteiger partial charge in [0.05, 0.1) is 0 Å². The summed E-state index contributed by atoms with van der Waals surface area (Å²) < 4.78 is 10.5. The Bertz CT molecular complexity index is 433. The maximum atomic E-state index is 11.9. The van der Waals surface area contributed by atoms with Gasteiger partial charge in [0.25, 0.3) is 0 Å². The monoisotopic (exact) mass is 263 g/mol. The first kappa shape index (κ1) is 14.0. The molecule has 0 heterocycles. The summed E-state index contributed by atoms with van der Waals surface area (Å²) in [7, 11) is 1.59. The molecular weight excluding hydrogens is 242 g/mol. The summed E-state index contributed by atoms with van der Waals surface area (Å²) in [5.74, 6) is -0.334. The highest BCUT2D eigenvalue weighted by molar-refractivity contribution is 5.75. The molecule has 104 valence electrons. The van der Waals surface area contributed by atoms with Crippen LogP contribution in [0.5, 0.6) is 0 Å². The Morgan fingerprint density at radius 3 is 3.05 bits per heavy atom. The zero-order chi connectivity index (χ0) is 13.7. The van der Waals surface area contributed by atoms with Gasteiger partial charge in [-0.2, -0.15) is 0 Å². The Hall–Kier alpha value is -1.39. The molecule has 0 saturated heterocycles. The van der Waals surface area contributed by atoms with Crippen LogP contribution in [-0.2, 0) is 20.7 Å². The number of methoxy groups -OCH3 is 1. The summed E-state index contributed by atoms with van der Waals surface area (Å²) in [4.78, 5) is 11.9. The topological polar surface area (TPSA) is 61.5 Å². The molecule has 0 fully saturated rings. The zero-order valence-electron chi connectivity index (χ0n) is 11.3. The standard InChI is InChI=1S/C15H21NO3/c1-18-10-9-13(16)15(17)19-14-8-4-6-11-5-2-3-7-12(11)14/h2-3,5,7,13-14H,4,6,8-10,16H2,1H3. The molecular formula is C15H21NO3. The fraction of sp³-hybridized carbons (Fsp3) is 0.533. The zero-order valence-corrected chi connectivity index (χ0v) is 11.3. The maximum Gasteiger partial charge on any atom is 0.323 e. The van der Waals surface area contributed by atoms with Crippen LogP contribution in [0.3, 0.4) is 0 Å². The van der Waals surface area contributed by atoms with Crippen LogP contribution in [0.25, 0.3) is 0 Å². The summed E-state index contributed by atoms with van der Waals surface area (Å²) in [5, 5.41) is 0. The molecule has 0 amide bonds. The van der Waals surface area contributed by atoms with E-state index in [1.165, 1.54) is 5.56 Å². The molecule has 0 bridgehead atoms. The summed E-state index contributed by atoms with van der Waals surface area (Å²) in [5.41, 5.74) is 8.19. The van der Waals surface area contributed by atoms with E-state index in [4.69, 9.17) is 15.2 Å². The van der Waals surface area contributed by atoms with Crippen LogP contribution < -0.4 is 5.73 Å². The Morgan fingerprint density at radius 1 is 1.47 bits per heavy atom. The second-order valence-corrected chi connectivity index (χ2v) is 4.90. The fourth-order valence-electron chi connectivity index (χ4n) is 2.42. The van der Waals surface area contributed by atoms with E-state index in [1.807, 2.05) is 18.2 Å². The quantitative estimate of drug-likeness (QED) is 0.825. The molecule has 19 heavy (non-hydrogen) atoms. The second-order valence-electron chi connectivity index (χ2n) is 4.90. The predicted molar refractivity (Wildman–Crippen MR) is 72.7 cm³/mol. The van der Waals surface area contributed by atoms with Crippen LogP contribution in [-0.4, -0.2) is 25.7 Å². The number of nitrogens with two attached hydrogens (primary N) is 1. The largest absolute Gasteiger partial charge is 0.456 e. The highest BCUT2D eigenvalue weighted by Gasteiger charge is 2.25. The van der Waals surface area contributed by atoms with E-state index in [9.17, 15) is 4.79 Å². The van der Waals surface area contributed by atoms with Crippen molar-refractivity contribution in [1.29, 1.82) is 0 Å². The molecule has 1 aliphatic carbocycles. The van der Waals surface area contributed by atoms with Crippen LogP contribution in [0, 0.1) is 0 Å². The van der Waals surface area contributed by atoms with Gasteiger partial charge in [-0.3, -0.25) is 4.79 Å². The lowest BCUT2D eigenvalue weighted by Crippen LogP contribution is -2.34. The van der Waals surface area contributed by atoms with E-state index in [2.05, 4.69) is 6.07 Å². The highest BCUT2D eigenvalue weighted by atomic mass is 16.5. The average Bonchev–Trinajstić information content (AvgIpc) is 2.45. The van der Waals surface area contributed by atoms with Crippen molar-refractivity contribution in [3.05, 3.63) is 35.4 Å². The van der Waals surface area contributed by atoms with Crippen LogP contribution in [0.15, 0.2) is 24.3 Å². The third-order valence-electron chi connectivity index (χ3n) is 3.51. The van der Waals surface area contributed by atoms with Gasteiger partial charge < -0.3 is 15.2 Å². The van der Waals surface area contributed by atoms with Crippen molar-refractivity contribution in [3.8, 4) is 0 Å². The van der Waals surface area contributed by atoms with Crippen molar-refractivity contribution in [2.24, 2.45) is 5.73 Å². The second kappa shape index (κ2) is 6.68. The maximum absolute atomic E-state index is 11.9. The molecule has 0 radical (unpaired) electrons. The minimum Gasteiger partial charge on any atom is -0.456 e. The van der Waals surface area contributed by atoms with Gasteiger partial charge in [-0.05, 0) is 36.8 Å². The number of ether oxygens (including phenoxy) is 2. The normalized spacial score (nSPS) is 19.6. The summed E-state index contributed by atoms with van der Waals surface area (Å²) in [6.45, 7) is 0.470. The molecule has 0 aliphatic heterocycles. The van der Waals surface area contributed by atoms with E-state index < -0.39 is 6.04 Å². The molecule has 0 aromatic heterocycles. The molecule has 4 nitrogen and oxygen atoms in total. The molecule has 2 atom stereocenters. The van der Waals surface area contributed by atoms with E-state index >= 15 is 0 Å². The first-order valence-electron chi connectivity index (χ1n) is 6.75. The van der Waals surface area contributed by atoms with Crippen LogP contribution in [0.4, 0.5) is 0 Å². The first-order chi connectivity index (χ1) is 9.22. The fourth-order valence-corrected chi connectivity index (χ4v) is 2.42.